The van der Waals surface area contributed by atoms with Crippen LogP contribution in [-0.4, -0.2) is 9.55 Å². The fourth-order valence-corrected chi connectivity index (χ4v) is 2.67. The van der Waals surface area contributed by atoms with Crippen LogP contribution in [0.3, 0.4) is 0 Å². The van der Waals surface area contributed by atoms with E-state index in [4.69, 9.17) is 0 Å². The van der Waals surface area contributed by atoms with Gasteiger partial charge in [0, 0.05) is 40.0 Å². The second-order valence-electron chi connectivity index (χ2n) is 4.89. The van der Waals surface area contributed by atoms with Gasteiger partial charge in [-0.05, 0) is 49.2 Å². The largest absolute Gasteiger partial charge is 0.343 e. The summed E-state index contributed by atoms with van der Waals surface area (Å²) in [5, 5.41) is 1.26. The first kappa shape index (κ1) is 12.4. The highest BCUT2D eigenvalue weighted by Crippen LogP contribution is 2.21. The molecule has 0 amide bonds. The van der Waals surface area contributed by atoms with Gasteiger partial charge in [0.25, 0.3) is 0 Å². The minimum Gasteiger partial charge on any atom is -0.343 e. The molecule has 0 radical (unpaired) electrons. The van der Waals surface area contributed by atoms with Gasteiger partial charge in [-0.1, -0.05) is 22.0 Å². The zero-order valence-electron chi connectivity index (χ0n) is 11.0. The molecule has 0 aliphatic rings. The molecule has 0 saturated carbocycles. The first-order valence-electron chi connectivity index (χ1n) is 6.30. The Bertz CT molecular complexity index is 744. The van der Waals surface area contributed by atoms with E-state index in [1.807, 2.05) is 13.1 Å². The lowest BCUT2D eigenvalue weighted by Gasteiger charge is -2.07. The third-order valence-electron chi connectivity index (χ3n) is 3.48. The molecule has 1 aromatic carbocycles. The van der Waals surface area contributed by atoms with Gasteiger partial charge in [-0.2, -0.15) is 0 Å². The number of fused-ring (bicyclic) bond motifs is 1. The van der Waals surface area contributed by atoms with Crippen LogP contribution in [0.2, 0.25) is 0 Å². The monoisotopic (exact) mass is 314 g/mol. The number of nitrogens with zero attached hydrogens (tertiary/aromatic N) is 2. The molecule has 3 rings (SSSR count). The molecule has 0 spiro atoms. The Morgan fingerprint density at radius 3 is 2.79 bits per heavy atom. The lowest BCUT2D eigenvalue weighted by atomic mass is 10.1. The summed E-state index contributed by atoms with van der Waals surface area (Å²) in [7, 11) is 0. The Balaban J connectivity index is 1.98. The number of hydrogen-bond acceptors (Lipinski definition) is 1. The van der Waals surface area contributed by atoms with E-state index in [9.17, 15) is 0 Å². The van der Waals surface area contributed by atoms with E-state index in [1.54, 1.807) is 0 Å². The van der Waals surface area contributed by atoms with Gasteiger partial charge in [-0.3, -0.25) is 4.98 Å². The average Bonchev–Trinajstić information content (AvgIpc) is 2.76. The van der Waals surface area contributed by atoms with Crippen molar-refractivity contribution in [3.05, 3.63) is 64.0 Å². The molecule has 0 aliphatic carbocycles. The molecule has 3 heteroatoms. The van der Waals surface area contributed by atoms with Crippen molar-refractivity contribution in [3.63, 3.8) is 0 Å². The quantitative estimate of drug-likeness (QED) is 0.682. The molecule has 0 fully saturated rings. The minimum absolute atomic E-state index is 0.860. The molecule has 0 unspecified atom stereocenters. The minimum atomic E-state index is 0.860. The van der Waals surface area contributed by atoms with Crippen molar-refractivity contribution in [3.8, 4) is 0 Å². The summed E-state index contributed by atoms with van der Waals surface area (Å²) in [5.41, 5.74) is 4.84. The molecule has 0 saturated heterocycles. The van der Waals surface area contributed by atoms with Crippen LogP contribution in [0.5, 0.6) is 0 Å². The Morgan fingerprint density at radius 2 is 2.00 bits per heavy atom. The lowest BCUT2D eigenvalue weighted by molar-refractivity contribution is 0.828. The van der Waals surface area contributed by atoms with Gasteiger partial charge in [0.05, 0.1) is 0 Å². The molecule has 0 atom stereocenters. The van der Waals surface area contributed by atoms with Gasteiger partial charge in [-0.15, -0.1) is 0 Å². The fourth-order valence-electron chi connectivity index (χ4n) is 2.29. The fraction of sp³-hybridized carbons (Fsp3) is 0.188. The number of aryl methyl sites for hydroxylation is 2. The molecule has 0 bridgehead atoms. The van der Waals surface area contributed by atoms with Crippen LogP contribution in [0.1, 0.15) is 16.8 Å². The van der Waals surface area contributed by atoms with E-state index in [-0.39, 0.29) is 0 Å². The molecule has 0 N–H and O–H groups in total. The van der Waals surface area contributed by atoms with Crippen LogP contribution in [0.4, 0.5) is 0 Å². The maximum absolute atomic E-state index is 4.43. The Kier molecular flexibility index (Phi) is 3.15. The van der Waals surface area contributed by atoms with Crippen molar-refractivity contribution in [2.24, 2.45) is 0 Å². The number of rotatable bonds is 2. The SMILES string of the molecule is Cc1cc(Cn2ccc3cc(Br)ccc32)cnc1C. The smallest absolute Gasteiger partial charge is 0.0491 e. The van der Waals surface area contributed by atoms with Crippen molar-refractivity contribution in [1.29, 1.82) is 0 Å². The third kappa shape index (κ3) is 2.43. The maximum atomic E-state index is 4.43. The summed E-state index contributed by atoms with van der Waals surface area (Å²) < 4.78 is 3.37. The number of hydrogen-bond donors (Lipinski definition) is 0. The van der Waals surface area contributed by atoms with Crippen LogP contribution in [-0.2, 0) is 6.54 Å². The maximum Gasteiger partial charge on any atom is 0.0491 e. The van der Waals surface area contributed by atoms with Crippen LogP contribution >= 0.6 is 15.9 Å². The molecular weight excluding hydrogens is 300 g/mol. The zero-order chi connectivity index (χ0) is 13.4. The topological polar surface area (TPSA) is 17.8 Å². The lowest BCUT2D eigenvalue weighted by Crippen LogP contribution is -2.00. The summed E-state index contributed by atoms with van der Waals surface area (Å²) in [6.45, 7) is 5.01. The van der Waals surface area contributed by atoms with Crippen LogP contribution in [0.15, 0.2) is 47.2 Å². The highest BCUT2D eigenvalue weighted by Gasteiger charge is 2.03. The Hall–Kier alpha value is -1.61. The van der Waals surface area contributed by atoms with Crippen LogP contribution < -0.4 is 0 Å². The number of halogens is 1. The summed E-state index contributed by atoms with van der Waals surface area (Å²) in [6, 6.07) is 10.7. The Labute approximate surface area is 121 Å². The van der Waals surface area contributed by atoms with E-state index < -0.39 is 0 Å². The second kappa shape index (κ2) is 4.82. The van der Waals surface area contributed by atoms with Gasteiger partial charge < -0.3 is 4.57 Å². The van der Waals surface area contributed by atoms with Crippen LogP contribution in [0.25, 0.3) is 10.9 Å². The van der Waals surface area contributed by atoms with Crippen LogP contribution in [0, 0.1) is 13.8 Å². The predicted molar refractivity (Wildman–Crippen MR) is 82.5 cm³/mol. The van der Waals surface area contributed by atoms with Crippen molar-refractivity contribution >= 4 is 26.8 Å². The molecule has 96 valence electrons. The van der Waals surface area contributed by atoms with Gasteiger partial charge in [0.1, 0.15) is 0 Å². The molecule has 3 aromatic rings. The van der Waals surface area contributed by atoms with E-state index in [2.05, 4.69) is 68.9 Å². The van der Waals surface area contributed by atoms with E-state index >= 15 is 0 Å². The standard InChI is InChI=1S/C16H15BrN2/c1-11-7-13(9-18-12(11)2)10-19-6-5-14-8-15(17)3-4-16(14)19/h3-9H,10H2,1-2H3. The molecular formula is C16H15BrN2. The normalized spacial score (nSPS) is 11.1. The third-order valence-corrected chi connectivity index (χ3v) is 3.98. The van der Waals surface area contributed by atoms with Gasteiger partial charge in [0.2, 0.25) is 0 Å². The first-order chi connectivity index (χ1) is 9.13. The predicted octanol–water partition coefficient (Wildman–Crippen LogP) is 4.46. The van der Waals surface area contributed by atoms with Crippen molar-refractivity contribution in [1.82, 2.24) is 9.55 Å². The number of pyridine rings is 1. The summed E-state index contributed by atoms with van der Waals surface area (Å²) in [4.78, 5) is 4.43. The van der Waals surface area contributed by atoms with Gasteiger partial charge >= 0.3 is 0 Å². The first-order valence-corrected chi connectivity index (χ1v) is 7.09. The molecule has 0 aliphatic heterocycles. The van der Waals surface area contributed by atoms with E-state index in [1.165, 1.54) is 22.0 Å². The van der Waals surface area contributed by atoms with Crippen molar-refractivity contribution in [2.45, 2.75) is 20.4 Å². The average molecular weight is 315 g/mol. The molecule has 19 heavy (non-hydrogen) atoms. The summed E-state index contributed by atoms with van der Waals surface area (Å²) in [6.07, 6.45) is 4.10. The van der Waals surface area contributed by atoms with E-state index in [0.717, 1.165) is 16.7 Å². The Morgan fingerprint density at radius 1 is 1.16 bits per heavy atom. The number of aromatic nitrogens is 2. The summed E-state index contributed by atoms with van der Waals surface area (Å²) >= 11 is 3.51. The number of benzene rings is 1. The van der Waals surface area contributed by atoms with Crippen molar-refractivity contribution in [2.75, 3.05) is 0 Å². The molecule has 2 aromatic heterocycles. The van der Waals surface area contributed by atoms with Gasteiger partial charge in [0.15, 0.2) is 0 Å². The molecule has 2 heterocycles. The second-order valence-corrected chi connectivity index (χ2v) is 5.81. The van der Waals surface area contributed by atoms with Crippen molar-refractivity contribution < 1.29 is 0 Å². The highest BCUT2D eigenvalue weighted by atomic mass is 79.9. The van der Waals surface area contributed by atoms with Gasteiger partial charge in [-0.25, -0.2) is 0 Å². The highest BCUT2D eigenvalue weighted by molar-refractivity contribution is 9.10. The summed E-state index contributed by atoms with van der Waals surface area (Å²) in [5.74, 6) is 0. The van der Waals surface area contributed by atoms with E-state index in [0.29, 0.717) is 0 Å². The zero-order valence-corrected chi connectivity index (χ0v) is 12.6. The molecule has 2 nitrogen and oxygen atoms in total.